The van der Waals surface area contributed by atoms with Gasteiger partial charge in [0.2, 0.25) is 0 Å². The summed E-state index contributed by atoms with van der Waals surface area (Å²) in [5.74, 6) is 0.552. The van der Waals surface area contributed by atoms with Gasteiger partial charge in [-0.1, -0.05) is 29.8 Å². The first-order chi connectivity index (χ1) is 11.1. The zero-order chi connectivity index (χ0) is 16.4. The second-order valence-corrected chi connectivity index (χ2v) is 5.53. The van der Waals surface area contributed by atoms with Gasteiger partial charge < -0.3 is 10.5 Å². The van der Waals surface area contributed by atoms with E-state index in [9.17, 15) is 4.79 Å². The monoisotopic (exact) mass is 326 g/mol. The number of nitrogens with zero attached hydrogens (tertiary/aromatic N) is 1. The Hall–Kier alpha value is -2.72. The van der Waals surface area contributed by atoms with Crippen molar-refractivity contribution in [2.24, 2.45) is 0 Å². The molecule has 0 atom stereocenters. The van der Waals surface area contributed by atoms with Crippen LogP contribution in [0.4, 0.5) is 11.4 Å². The molecule has 0 spiro atoms. The SMILES string of the molecule is C=CCN1C(=O)/C(=C\c2ccc(Cl)cc2)Oc2cc(N)ccc21. The first-order valence-electron chi connectivity index (χ1n) is 7.06. The lowest BCUT2D eigenvalue weighted by molar-refractivity contribution is -0.117. The molecule has 0 radical (unpaired) electrons. The lowest BCUT2D eigenvalue weighted by Crippen LogP contribution is -2.37. The van der Waals surface area contributed by atoms with Crippen LogP contribution in [-0.2, 0) is 4.79 Å². The maximum atomic E-state index is 12.7. The molecule has 0 fully saturated rings. The quantitative estimate of drug-likeness (QED) is 0.529. The lowest BCUT2D eigenvalue weighted by Gasteiger charge is -2.29. The molecule has 1 amide bonds. The molecule has 1 aliphatic heterocycles. The summed E-state index contributed by atoms with van der Waals surface area (Å²) in [6.07, 6.45) is 3.35. The standard InChI is InChI=1S/C18H15ClN2O2/c1-2-9-21-15-8-7-14(20)11-16(15)23-17(18(21)22)10-12-3-5-13(19)6-4-12/h2-8,10-11H,1,9,20H2/b17-10+. The fourth-order valence-corrected chi connectivity index (χ4v) is 2.48. The van der Waals surface area contributed by atoms with Crippen LogP contribution < -0.4 is 15.4 Å². The second-order valence-electron chi connectivity index (χ2n) is 5.09. The molecule has 2 aromatic rings. The summed E-state index contributed by atoms with van der Waals surface area (Å²) in [6, 6.07) is 12.4. The second kappa shape index (κ2) is 6.18. The summed E-state index contributed by atoms with van der Waals surface area (Å²) in [4.78, 5) is 14.3. The highest BCUT2D eigenvalue weighted by molar-refractivity contribution is 6.30. The van der Waals surface area contributed by atoms with E-state index >= 15 is 0 Å². The van der Waals surface area contributed by atoms with E-state index in [1.807, 2.05) is 12.1 Å². The van der Waals surface area contributed by atoms with Crippen LogP contribution in [0.3, 0.4) is 0 Å². The zero-order valence-electron chi connectivity index (χ0n) is 12.3. The maximum Gasteiger partial charge on any atom is 0.294 e. The number of amides is 1. The highest BCUT2D eigenvalue weighted by atomic mass is 35.5. The number of anilines is 2. The largest absolute Gasteiger partial charge is 0.449 e. The van der Waals surface area contributed by atoms with Crippen LogP contribution in [0.2, 0.25) is 5.02 Å². The van der Waals surface area contributed by atoms with Crippen molar-refractivity contribution in [2.45, 2.75) is 0 Å². The van der Waals surface area contributed by atoms with E-state index in [1.165, 1.54) is 0 Å². The van der Waals surface area contributed by atoms with Gasteiger partial charge >= 0.3 is 0 Å². The third kappa shape index (κ3) is 3.07. The van der Waals surface area contributed by atoms with Crippen molar-refractivity contribution in [3.05, 3.63) is 71.5 Å². The van der Waals surface area contributed by atoms with Crippen molar-refractivity contribution in [2.75, 3.05) is 17.2 Å². The van der Waals surface area contributed by atoms with Gasteiger partial charge in [-0.2, -0.15) is 0 Å². The van der Waals surface area contributed by atoms with Gasteiger partial charge in [-0.3, -0.25) is 9.69 Å². The topological polar surface area (TPSA) is 55.6 Å². The molecule has 1 aliphatic rings. The van der Waals surface area contributed by atoms with E-state index in [1.54, 1.807) is 47.4 Å². The van der Waals surface area contributed by atoms with Gasteiger partial charge in [-0.05, 0) is 35.9 Å². The van der Waals surface area contributed by atoms with Crippen molar-refractivity contribution >= 4 is 35.0 Å². The Kier molecular flexibility index (Phi) is 4.08. The number of carbonyl (C=O) groups excluding carboxylic acids is 1. The highest BCUT2D eigenvalue weighted by Crippen LogP contribution is 2.37. The summed E-state index contributed by atoms with van der Waals surface area (Å²) in [5.41, 5.74) is 7.89. The molecule has 116 valence electrons. The molecule has 0 bridgehead atoms. The Balaban J connectivity index is 2.04. The molecule has 0 aromatic heterocycles. The molecule has 0 aliphatic carbocycles. The minimum Gasteiger partial charge on any atom is -0.449 e. The third-order valence-corrected chi connectivity index (χ3v) is 3.68. The van der Waals surface area contributed by atoms with E-state index in [-0.39, 0.29) is 11.7 Å². The number of nitrogen functional groups attached to an aromatic ring is 1. The van der Waals surface area contributed by atoms with Gasteiger partial charge in [0.05, 0.1) is 5.69 Å². The normalized spacial score (nSPS) is 15.3. The predicted octanol–water partition coefficient (Wildman–Crippen LogP) is 3.87. The minimum atomic E-state index is -0.225. The van der Waals surface area contributed by atoms with Crippen LogP contribution in [0.1, 0.15) is 5.56 Å². The molecular formula is C18H15ClN2O2. The number of hydrogen-bond acceptors (Lipinski definition) is 3. The Labute approximate surface area is 139 Å². The highest BCUT2D eigenvalue weighted by Gasteiger charge is 2.29. The van der Waals surface area contributed by atoms with Crippen molar-refractivity contribution in [1.82, 2.24) is 0 Å². The van der Waals surface area contributed by atoms with Crippen LogP contribution in [0.15, 0.2) is 60.9 Å². The van der Waals surface area contributed by atoms with Crippen LogP contribution in [0.5, 0.6) is 5.75 Å². The van der Waals surface area contributed by atoms with Crippen molar-refractivity contribution in [3.8, 4) is 5.75 Å². The molecule has 2 N–H and O–H groups in total. The van der Waals surface area contributed by atoms with Gasteiger partial charge in [0, 0.05) is 23.3 Å². The zero-order valence-corrected chi connectivity index (χ0v) is 13.1. The van der Waals surface area contributed by atoms with Crippen LogP contribution in [-0.4, -0.2) is 12.5 Å². The predicted molar refractivity (Wildman–Crippen MR) is 93.5 cm³/mol. The Morgan fingerprint density at radius 1 is 1.22 bits per heavy atom. The van der Waals surface area contributed by atoms with Crippen molar-refractivity contribution in [1.29, 1.82) is 0 Å². The van der Waals surface area contributed by atoms with E-state index in [2.05, 4.69) is 6.58 Å². The summed E-state index contributed by atoms with van der Waals surface area (Å²) < 4.78 is 5.76. The summed E-state index contributed by atoms with van der Waals surface area (Å²) in [6.45, 7) is 4.09. The number of rotatable bonds is 3. The fourth-order valence-electron chi connectivity index (χ4n) is 2.35. The van der Waals surface area contributed by atoms with Crippen LogP contribution >= 0.6 is 11.6 Å². The first kappa shape index (κ1) is 15.2. The Morgan fingerprint density at radius 3 is 2.65 bits per heavy atom. The van der Waals surface area contributed by atoms with Crippen molar-refractivity contribution in [3.63, 3.8) is 0 Å². The number of benzene rings is 2. The molecule has 3 rings (SSSR count). The smallest absolute Gasteiger partial charge is 0.294 e. The number of fused-ring (bicyclic) bond motifs is 1. The number of nitrogens with two attached hydrogens (primary N) is 1. The van der Waals surface area contributed by atoms with Crippen LogP contribution in [0.25, 0.3) is 6.08 Å². The summed E-state index contributed by atoms with van der Waals surface area (Å²) in [5, 5.41) is 0.634. The molecule has 0 unspecified atom stereocenters. The molecule has 4 nitrogen and oxygen atoms in total. The summed E-state index contributed by atoms with van der Waals surface area (Å²) in [7, 11) is 0. The average molecular weight is 327 g/mol. The lowest BCUT2D eigenvalue weighted by atomic mass is 10.1. The van der Waals surface area contributed by atoms with Gasteiger partial charge in [0.25, 0.3) is 5.91 Å². The molecular weight excluding hydrogens is 312 g/mol. The van der Waals surface area contributed by atoms with E-state index < -0.39 is 0 Å². The van der Waals surface area contributed by atoms with Crippen molar-refractivity contribution < 1.29 is 9.53 Å². The van der Waals surface area contributed by atoms with Gasteiger partial charge in [-0.15, -0.1) is 6.58 Å². The molecule has 2 aromatic carbocycles. The molecule has 0 saturated carbocycles. The van der Waals surface area contributed by atoms with Gasteiger partial charge in [0.15, 0.2) is 11.5 Å². The molecule has 5 heteroatoms. The number of ether oxygens (including phenoxy) is 1. The van der Waals surface area contributed by atoms with E-state index in [0.717, 1.165) is 5.56 Å². The summed E-state index contributed by atoms with van der Waals surface area (Å²) >= 11 is 5.88. The molecule has 1 heterocycles. The Bertz CT molecular complexity index is 797. The number of carbonyl (C=O) groups is 1. The first-order valence-corrected chi connectivity index (χ1v) is 7.43. The van der Waals surface area contributed by atoms with E-state index in [0.29, 0.717) is 28.7 Å². The minimum absolute atomic E-state index is 0.225. The third-order valence-electron chi connectivity index (χ3n) is 3.43. The fraction of sp³-hybridized carbons (Fsp3) is 0.0556. The van der Waals surface area contributed by atoms with Gasteiger partial charge in [0.1, 0.15) is 0 Å². The van der Waals surface area contributed by atoms with E-state index in [4.69, 9.17) is 22.1 Å². The van der Waals surface area contributed by atoms with Gasteiger partial charge in [-0.25, -0.2) is 0 Å². The average Bonchev–Trinajstić information content (AvgIpc) is 2.53. The maximum absolute atomic E-state index is 12.7. The van der Waals surface area contributed by atoms with Crippen LogP contribution in [0, 0.1) is 0 Å². The number of halogens is 1. The molecule has 23 heavy (non-hydrogen) atoms. The number of hydrogen-bond donors (Lipinski definition) is 1. The Morgan fingerprint density at radius 2 is 1.96 bits per heavy atom. The molecule has 0 saturated heterocycles.